The molecule has 0 saturated heterocycles. The van der Waals surface area contributed by atoms with Crippen molar-refractivity contribution >= 4 is 11.8 Å². The Morgan fingerprint density at radius 1 is 1.23 bits per heavy atom. The maximum atomic E-state index is 11.4. The highest BCUT2D eigenvalue weighted by Crippen LogP contribution is 2.50. The molecule has 22 heavy (non-hydrogen) atoms. The van der Waals surface area contributed by atoms with Crippen LogP contribution in [0.1, 0.15) is 41.9 Å². The number of benzene rings is 1. The molecule has 0 spiro atoms. The molecular weight excluding hydrogens is 278 g/mol. The van der Waals surface area contributed by atoms with Gasteiger partial charge in [-0.15, -0.1) is 0 Å². The summed E-state index contributed by atoms with van der Waals surface area (Å²) in [6, 6.07) is 6.17. The zero-order chi connectivity index (χ0) is 15.3. The fourth-order valence-electron chi connectivity index (χ4n) is 4.04. The van der Waals surface area contributed by atoms with Gasteiger partial charge in [-0.3, -0.25) is 0 Å². The van der Waals surface area contributed by atoms with E-state index < -0.39 is 6.09 Å². The number of carboxylic acid groups (broad SMARTS) is 1. The van der Waals surface area contributed by atoms with Gasteiger partial charge in [-0.2, -0.15) is 5.26 Å². The van der Waals surface area contributed by atoms with Gasteiger partial charge in [0.05, 0.1) is 18.2 Å². The standard InChI is InChI=1S/C17H19N3O2/c18-9-11-7-13-10-20(17(21)22)6-5-19-4-3-14(12-1-2-12)15(8-11)16(13)19/h7-8,12,14H,1-6,10H2,(H,21,22). The topological polar surface area (TPSA) is 67.6 Å². The molecule has 1 unspecified atom stereocenters. The van der Waals surface area contributed by atoms with Gasteiger partial charge in [0.15, 0.2) is 0 Å². The molecule has 1 fully saturated rings. The number of hydrogen-bond donors (Lipinski definition) is 1. The molecule has 5 heteroatoms. The molecule has 2 heterocycles. The Morgan fingerprint density at radius 2 is 2.05 bits per heavy atom. The second-order valence-electron chi connectivity index (χ2n) is 6.61. The average molecular weight is 297 g/mol. The summed E-state index contributed by atoms with van der Waals surface area (Å²) < 4.78 is 0. The lowest BCUT2D eigenvalue weighted by Crippen LogP contribution is -2.37. The number of nitriles is 1. The fraction of sp³-hybridized carbons (Fsp3) is 0.529. The molecule has 0 aromatic heterocycles. The fourth-order valence-corrected chi connectivity index (χ4v) is 4.04. The number of amides is 1. The Kier molecular flexibility index (Phi) is 3.00. The van der Waals surface area contributed by atoms with Crippen LogP contribution in [-0.4, -0.2) is 35.7 Å². The van der Waals surface area contributed by atoms with E-state index in [0.29, 0.717) is 24.6 Å². The molecule has 1 amide bonds. The van der Waals surface area contributed by atoms with Gasteiger partial charge in [0.25, 0.3) is 0 Å². The SMILES string of the molecule is N#Cc1cc2c3c(c1)C(C1CC1)CCN3CCN(C(=O)O)C2. The zero-order valence-electron chi connectivity index (χ0n) is 12.5. The first kappa shape index (κ1) is 13.4. The van der Waals surface area contributed by atoms with E-state index in [1.807, 2.05) is 12.1 Å². The van der Waals surface area contributed by atoms with E-state index in [1.165, 1.54) is 29.0 Å². The van der Waals surface area contributed by atoms with Crippen molar-refractivity contribution < 1.29 is 9.90 Å². The van der Waals surface area contributed by atoms with Gasteiger partial charge in [0, 0.05) is 25.3 Å². The first-order valence-corrected chi connectivity index (χ1v) is 7.97. The third kappa shape index (κ3) is 2.10. The summed E-state index contributed by atoms with van der Waals surface area (Å²) in [5, 5.41) is 18.7. The molecule has 4 rings (SSSR count). The van der Waals surface area contributed by atoms with E-state index in [2.05, 4.69) is 11.0 Å². The first-order valence-electron chi connectivity index (χ1n) is 7.97. The molecule has 114 valence electrons. The van der Waals surface area contributed by atoms with Gasteiger partial charge in [-0.25, -0.2) is 4.79 Å². The third-order valence-electron chi connectivity index (χ3n) is 5.24. The molecular formula is C17H19N3O2. The van der Waals surface area contributed by atoms with Crippen molar-refractivity contribution in [3.63, 3.8) is 0 Å². The van der Waals surface area contributed by atoms with Crippen LogP contribution in [0.4, 0.5) is 10.5 Å². The summed E-state index contributed by atoms with van der Waals surface area (Å²) in [7, 11) is 0. The molecule has 1 aromatic rings. The average Bonchev–Trinajstić information content (AvgIpc) is 3.34. The molecule has 1 aliphatic carbocycles. The van der Waals surface area contributed by atoms with Crippen molar-refractivity contribution in [1.82, 2.24) is 4.90 Å². The van der Waals surface area contributed by atoms with Gasteiger partial charge in [-0.1, -0.05) is 0 Å². The molecule has 1 saturated carbocycles. The second kappa shape index (κ2) is 4.91. The molecule has 3 aliphatic rings. The largest absolute Gasteiger partial charge is 0.465 e. The lowest BCUT2D eigenvalue weighted by Gasteiger charge is -2.36. The van der Waals surface area contributed by atoms with Crippen LogP contribution in [-0.2, 0) is 6.54 Å². The summed E-state index contributed by atoms with van der Waals surface area (Å²) in [4.78, 5) is 15.2. The number of anilines is 1. The molecule has 0 radical (unpaired) electrons. The molecule has 1 atom stereocenters. The van der Waals surface area contributed by atoms with E-state index >= 15 is 0 Å². The maximum Gasteiger partial charge on any atom is 0.407 e. The van der Waals surface area contributed by atoms with Gasteiger partial charge < -0.3 is 14.9 Å². The van der Waals surface area contributed by atoms with E-state index in [4.69, 9.17) is 0 Å². The van der Waals surface area contributed by atoms with Crippen LogP contribution in [0.15, 0.2) is 12.1 Å². The molecule has 5 nitrogen and oxygen atoms in total. The van der Waals surface area contributed by atoms with Crippen LogP contribution in [0.25, 0.3) is 0 Å². The zero-order valence-corrected chi connectivity index (χ0v) is 12.5. The lowest BCUT2D eigenvalue weighted by molar-refractivity contribution is 0.144. The first-order chi connectivity index (χ1) is 10.7. The van der Waals surface area contributed by atoms with Crippen LogP contribution in [0.2, 0.25) is 0 Å². The van der Waals surface area contributed by atoms with E-state index in [0.717, 1.165) is 31.0 Å². The number of hydrogen-bond acceptors (Lipinski definition) is 3. The van der Waals surface area contributed by atoms with Crippen molar-refractivity contribution in [2.24, 2.45) is 5.92 Å². The summed E-state index contributed by atoms with van der Waals surface area (Å²) in [5.74, 6) is 1.31. The van der Waals surface area contributed by atoms with Gasteiger partial charge in [-0.05, 0) is 54.4 Å². The quantitative estimate of drug-likeness (QED) is 0.865. The maximum absolute atomic E-state index is 11.4. The van der Waals surface area contributed by atoms with E-state index in [1.54, 1.807) is 0 Å². The minimum atomic E-state index is -0.880. The summed E-state index contributed by atoms with van der Waals surface area (Å²) in [6.45, 7) is 2.66. The van der Waals surface area contributed by atoms with Crippen LogP contribution < -0.4 is 4.90 Å². The van der Waals surface area contributed by atoms with Crippen LogP contribution in [0.3, 0.4) is 0 Å². The van der Waals surface area contributed by atoms with Crippen molar-refractivity contribution in [1.29, 1.82) is 5.26 Å². The van der Waals surface area contributed by atoms with E-state index in [-0.39, 0.29) is 0 Å². The predicted octanol–water partition coefficient (Wildman–Crippen LogP) is 2.76. The summed E-state index contributed by atoms with van der Waals surface area (Å²) in [6.07, 6.45) is 2.82. The Morgan fingerprint density at radius 3 is 2.73 bits per heavy atom. The summed E-state index contributed by atoms with van der Waals surface area (Å²) in [5.41, 5.74) is 4.16. The van der Waals surface area contributed by atoms with Crippen LogP contribution in [0.5, 0.6) is 0 Å². The monoisotopic (exact) mass is 297 g/mol. The number of rotatable bonds is 1. The lowest BCUT2D eigenvalue weighted by atomic mass is 9.83. The van der Waals surface area contributed by atoms with Gasteiger partial charge in [0.1, 0.15) is 0 Å². The Labute approximate surface area is 129 Å². The van der Waals surface area contributed by atoms with Crippen molar-refractivity contribution in [2.45, 2.75) is 31.7 Å². The smallest absolute Gasteiger partial charge is 0.407 e. The Hall–Kier alpha value is -2.22. The van der Waals surface area contributed by atoms with Crippen LogP contribution in [0, 0.1) is 17.2 Å². The highest BCUT2D eigenvalue weighted by atomic mass is 16.4. The minimum Gasteiger partial charge on any atom is -0.465 e. The van der Waals surface area contributed by atoms with Crippen molar-refractivity contribution in [3.8, 4) is 6.07 Å². The van der Waals surface area contributed by atoms with Crippen LogP contribution >= 0.6 is 0 Å². The van der Waals surface area contributed by atoms with Gasteiger partial charge in [0.2, 0.25) is 0 Å². The normalized spacial score (nSPS) is 23.5. The van der Waals surface area contributed by atoms with Crippen molar-refractivity contribution in [2.75, 3.05) is 24.5 Å². The number of nitrogens with zero attached hydrogens (tertiary/aromatic N) is 3. The van der Waals surface area contributed by atoms with E-state index in [9.17, 15) is 15.2 Å². The highest BCUT2D eigenvalue weighted by Gasteiger charge is 2.39. The number of carbonyl (C=O) groups is 1. The third-order valence-corrected chi connectivity index (χ3v) is 5.24. The highest BCUT2D eigenvalue weighted by molar-refractivity contribution is 5.70. The molecule has 1 aromatic carbocycles. The molecule has 0 bridgehead atoms. The Balaban J connectivity index is 1.84. The minimum absolute atomic E-state index is 0.390. The summed E-state index contributed by atoms with van der Waals surface area (Å²) >= 11 is 0. The molecule has 2 aliphatic heterocycles. The van der Waals surface area contributed by atoms with Crippen molar-refractivity contribution in [3.05, 3.63) is 28.8 Å². The second-order valence-corrected chi connectivity index (χ2v) is 6.61. The van der Waals surface area contributed by atoms with Gasteiger partial charge >= 0.3 is 6.09 Å². The Bertz CT molecular complexity index is 675. The molecule has 1 N–H and O–H groups in total. The predicted molar refractivity (Wildman–Crippen MR) is 81.9 cm³/mol.